The first-order chi connectivity index (χ1) is 8.49. The lowest BCUT2D eigenvalue weighted by molar-refractivity contribution is 0.0689. The van der Waals surface area contributed by atoms with E-state index < -0.39 is 5.97 Å². The summed E-state index contributed by atoms with van der Waals surface area (Å²) in [6, 6.07) is 3.67. The zero-order valence-corrected chi connectivity index (χ0v) is 11.0. The zero-order chi connectivity index (χ0) is 13.3. The van der Waals surface area contributed by atoms with E-state index in [1.807, 2.05) is 0 Å². The Bertz CT molecular complexity index is 432. The van der Waals surface area contributed by atoms with Crippen LogP contribution in [0.15, 0.2) is 12.1 Å². The van der Waals surface area contributed by atoms with Gasteiger partial charge in [0.05, 0.1) is 0 Å². The van der Waals surface area contributed by atoms with Crippen molar-refractivity contribution >= 4 is 11.8 Å². The van der Waals surface area contributed by atoms with Crippen LogP contribution in [0.25, 0.3) is 0 Å². The first-order valence-electron chi connectivity index (χ1n) is 6.32. The molecule has 1 fully saturated rings. The largest absolute Gasteiger partial charge is 0.476 e. The highest BCUT2D eigenvalue weighted by Gasteiger charge is 2.29. The second-order valence-electron chi connectivity index (χ2n) is 5.29. The number of nitrogens with zero attached hydrogens (tertiary/aromatic N) is 3. The summed E-state index contributed by atoms with van der Waals surface area (Å²) in [5.74, 6) is 0.959. The summed E-state index contributed by atoms with van der Waals surface area (Å²) in [6.07, 6.45) is 1.22. The van der Waals surface area contributed by atoms with Crippen molar-refractivity contribution in [2.24, 2.45) is 11.8 Å². The number of aromatic carboxylic acids is 1. The van der Waals surface area contributed by atoms with Crippen LogP contribution in [-0.4, -0.2) is 33.9 Å². The number of anilines is 1. The van der Waals surface area contributed by atoms with Gasteiger partial charge in [0.1, 0.15) is 0 Å². The second kappa shape index (κ2) is 4.92. The number of carbonyl (C=O) groups is 1. The monoisotopic (exact) mass is 249 g/mol. The average Bonchev–Trinajstić information content (AvgIpc) is 2.34. The fourth-order valence-electron chi connectivity index (χ4n) is 2.61. The number of hydrogen-bond acceptors (Lipinski definition) is 4. The molecule has 0 saturated carbocycles. The van der Waals surface area contributed by atoms with Crippen molar-refractivity contribution in [3.8, 4) is 0 Å². The van der Waals surface area contributed by atoms with Crippen LogP contribution in [0.3, 0.4) is 0 Å². The van der Waals surface area contributed by atoms with E-state index in [2.05, 4.69) is 35.9 Å². The fraction of sp³-hybridized carbons (Fsp3) is 0.615. The molecule has 0 spiro atoms. The lowest BCUT2D eigenvalue weighted by Crippen LogP contribution is -2.46. The van der Waals surface area contributed by atoms with E-state index in [0.29, 0.717) is 17.9 Å². The molecule has 3 unspecified atom stereocenters. The van der Waals surface area contributed by atoms with Gasteiger partial charge >= 0.3 is 5.97 Å². The van der Waals surface area contributed by atoms with Gasteiger partial charge in [-0.1, -0.05) is 13.8 Å². The van der Waals surface area contributed by atoms with Crippen LogP contribution in [0.5, 0.6) is 0 Å². The molecule has 2 heterocycles. The molecule has 0 radical (unpaired) electrons. The molecule has 2 rings (SSSR count). The van der Waals surface area contributed by atoms with Crippen LogP contribution in [0.4, 0.5) is 5.82 Å². The van der Waals surface area contributed by atoms with Crippen LogP contribution < -0.4 is 4.90 Å². The molecular formula is C13H19N3O2. The molecule has 1 N–H and O–H groups in total. The van der Waals surface area contributed by atoms with E-state index in [0.717, 1.165) is 12.4 Å². The number of aromatic nitrogens is 2. The van der Waals surface area contributed by atoms with E-state index in [9.17, 15) is 4.79 Å². The number of hydrogen-bond donors (Lipinski definition) is 1. The summed E-state index contributed by atoms with van der Waals surface area (Å²) in [7, 11) is 0. The Balaban J connectivity index is 2.21. The maximum atomic E-state index is 10.7. The Hall–Kier alpha value is -1.65. The molecule has 1 aromatic heterocycles. The lowest BCUT2D eigenvalue weighted by atomic mass is 9.86. The van der Waals surface area contributed by atoms with Gasteiger partial charge in [-0.25, -0.2) is 4.79 Å². The summed E-state index contributed by atoms with van der Waals surface area (Å²) in [4.78, 5) is 13.0. The molecule has 1 aliphatic rings. The first kappa shape index (κ1) is 12.8. The van der Waals surface area contributed by atoms with Crippen molar-refractivity contribution < 1.29 is 9.90 Å². The third-order valence-corrected chi connectivity index (χ3v) is 3.76. The van der Waals surface area contributed by atoms with Gasteiger partial charge < -0.3 is 10.0 Å². The number of carboxylic acids is 1. The lowest BCUT2D eigenvalue weighted by Gasteiger charge is -2.41. The maximum Gasteiger partial charge on any atom is 0.356 e. The van der Waals surface area contributed by atoms with Crippen LogP contribution in [0.2, 0.25) is 0 Å². The minimum atomic E-state index is -1.04. The minimum absolute atomic E-state index is 0.00971. The predicted octanol–water partition coefficient (Wildman–Crippen LogP) is 2.05. The highest BCUT2D eigenvalue weighted by molar-refractivity contribution is 5.85. The third-order valence-electron chi connectivity index (χ3n) is 3.76. The topological polar surface area (TPSA) is 66.3 Å². The third kappa shape index (κ3) is 2.44. The smallest absolute Gasteiger partial charge is 0.356 e. The molecule has 98 valence electrons. The molecule has 5 nitrogen and oxygen atoms in total. The maximum absolute atomic E-state index is 10.7. The highest BCUT2D eigenvalue weighted by Crippen LogP contribution is 2.29. The molecule has 0 amide bonds. The van der Waals surface area contributed by atoms with Gasteiger partial charge in [0.2, 0.25) is 0 Å². The molecule has 18 heavy (non-hydrogen) atoms. The van der Waals surface area contributed by atoms with E-state index in [-0.39, 0.29) is 5.69 Å². The van der Waals surface area contributed by atoms with E-state index >= 15 is 0 Å². The van der Waals surface area contributed by atoms with Crippen molar-refractivity contribution in [3.05, 3.63) is 17.8 Å². The molecule has 1 aromatic rings. The van der Waals surface area contributed by atoms with Crippen LogP contribution in [0, 0.1) is 11.8 Å². The Morgan fingerprint density at radius 2 is 2.06 bits per heavy atom. The van der Waals surface area contributed by atoms with Crippen LogP contribution >= 0.6 is 0 Å². The first-order valence-corrected chi connectivity index (χ1v) is 6.32. The number of rotatable bonds is 2. The number of carboxylic acid groups (broad SMARTS) is 1. The normalized spacial score (nSPS) is 28.2. The van der Waals surface area contributed by atoms with E-state index in [1.165, 1.54) is 12.5 Å². The van der Waals surface area contributed by atoms with Gasteiger partial charge in [-0.05, 0) is 37.3 Å². The van der Waals surface area contributed by atoms with Crippen LogP contribution in [-0.2, 0) is 0 Å². The molecule has 1 aliphatic heterocycles. The Kier molecular flexibility index (Phi) is 3.50. The summed E-state index contributed by atoms with van der Waals surface area (Å²) in [5.41, 5.74) is -0.00971. The van der Waals surface area contributed by atoms with Crippen molar-refractivity contribution in [2.45, 2.75) is 33.2 Å². The average molecular weight is 249 g/mol. The SMILES string of the molecule is CC1CC(C)C(C)N(c2ccc(C(=O)O)nn2)C1. The summed E-state index contributed by atoms with van der Waals surface area (Å²) in [5, 5.41) is 16.6. The Morgan fingerprint density at radius 3 is 2.61 bits per heavy atom. The number of piperidine rings is 1. The van der Waals surface area contributed by atoms with Gasteiger partial charge in [-0.15, -0.1) is 10.2 Å². The van der Waals surface area contributed by atoms with E-state index in [1.54, 1.807) is 6.07 Å². The van der Waals surface area contributed by atoms with E-state index in [4.69, 9.17) is 5.11 Å². The van der Waals surface area contributed by atoms with Gasteiger partial charge in [-0.2, -0.15) is 0 Å². The highest BCUT2D eigenvalue weighted by atomic mass is 16.4. The summed E-state index contributed by atoms with van der Waals surface area (Å²) >= 11 is 0. The molecule has 0 aliphatic carbocycles. The predicted molar refractivity (Wildman–Crippen MR) is 68.7 cm³/mol. The molecular weight excluding hydrogens is 230 g/mol. The Morgan fingerprint density at radius 1 is 1.33 bits per heavy atom. The van der Waals surface area contributed by atoms with Crippen molar-refractivity contribution in [3.63, 3.8) is 0 Å². The molecule has 3 atom stereocenters. The molecule has 0 bridgehead atoms. The second-order valence-corrected chi connectivity index (χ2v) is 5.29. The van der Waals surface area contributed by atoms with Gasteiger partial charge in [0.25, 0.3) is 0 Å². The van der Waals surface area contributed by atoms with Gasteiger partial charge in [0, 0.05) is 12.6 Å². The van der Waals surface area contributed by atoms with Crippen LogP contribution in [0.1, 0.15) is 37.7 Å². The molecule has 0 aromatic carbocycles. The summed E-state index contributed by atoms with van der Waals surface area (Å²) in [6.45, 7) is 7.61. The molecule has 5 heteroatoms. The standard InChI is InChI=1S/C13H19N3O2/c1-8-6-9(2)10(3)16(7-8)12-5-4-11(13(17)18)14-15-12/h4-5,8-10H,6-7H2,1-3H3,(H,17,18). The van der Waals surface area contributed by atoms with Gasteiger partial charge in [0.15, 0.2) is 11.5 Å². The van der Waals surface area contributed by atoms with Crippen molar-refractivity contribution in [1.29, 1.82) is 0 Å². The summed E-state index contributed by atoms with van der Waals surface area (Å²) < 4.78 is 0. The van der Waals surface area contributed by atoms with Crippen molar-refractivity contribution in [2.75, 3.05) is 11.4 Å². The van der Waals surface area contributed by atoms with Crippen molar-refractivity contribution in [1.82, 2.24) is 10.2 Å². The fourth-order valence-corrected chi connectivity index (χ4v) is 2.61. The molecule has 1 saturated heterocycles. The zero-order valence-electron chi connectivity index (χ0n) is 11.0. The quantitative estimate of drug-likeness (QED) is 0.868. The Labute approximate surface area is 107 Å². The minimum Gasteiger partial charge on any atom is -0.476 e. The van der Waals surface area contributed by atoms with Gasteiger partial charge in [-0.3, -0.25) is 0 Å².